The number of likely N-dealkylation sites (N-methyl/N-ethyl adjacent to an activating group) is 1. The highest BCUT2D eigenvalue weighted by molar-refractivity contribution is 7.89. The van der Waals surface area contributed by atoms with Crippen molar-refractivity contribution in [3.8, 4) is 5.75 Å². The monoisotopic (exact) mass is 395 g/mol. The number of nitrogens with two attached hydrogens (primary N) is 1. The number of carbonyl (C=O) groups is 1. The van der Waals surface area contributed by atoms with E-state index >= 15 is 0 Å². The van der Waals surface area contributed by atoms with Crippen molar-refractivity contribution in [1.82, 2.24) is 4.90 Å². The molecular weight excluding hydrogens is 373 g/mol. The Bertz CT molecular complexity index is 917. The molecule has 0 aliphatic carbocycles. The molecule has 9 heteroatoms. The third-order valence-electron chi connectivity index (χ3n) is 4.14. The average molecular weight is 395 g/mol. The van der Waals surface area contributed by atoms with E-state index in [0.29, 0.717) is 17.8 Å². The van der Waals surface area contributed by atoms with Crippen LogP contribution in [0, 0.1) is 5.82 Å². The predicted octanol–water partition coefficient (Wildman–Crippen LogP) is 1.94. The van der Waals surface area contributed by atoms with E-state index in [9.17, 15) is 17.6 Å². The van der Waals surface area contributed by atoms with Gasteiger partial charge in [0.05, 0.1) is 18.0 Å². The highest BCUT2D eigenvalue weighted by Gasteiger charge is 2.19. The molecule has 2 aromatic carbocycles. The third kappa shape index (κ3) is 5.49. The maximum absolute atomic E-state index is 13.8. The SMILES string of the molecule is COc1ccc(CN(C)C(C)C(=O)Nc2ccc(S(N)(=O)=O)cc2)cc1F. The molecule has 0 fully saturated rings. The number of amides is 1. The summed E-state index contributed by atoms with van der Waals surface area (Å²) in [5, 5.41) is 7.75. The second-order valence-electron chi connectivity index (χ2n) is 6.12. The Morgan fingerprint density at radius 2 is 1.89 bits per heavy atom. The highest BCUT2D eigenvalue weighted by atomic mass is 32.2. The summed E-state index contributed by atoms with van der Waals surface area (Å²) in [5.74, 6) is -0.583. The fraction of sp³-hybridized carbons (Fsp3) is 0.278. The van der Waals surface area contributed by atoms with Gasteiger partial charge < -0.3 is 10.1 Å². The van der Waals surface area contributed by atoms with E-state index in [1.54, 1.807) is 24.9 Å². The van der Waals surface area contributed by atoms with E-state index in [2.05, 4.69) is 5.32 Å². The number of sulfonamides is 1. The van der Waals surface area contributed by atoms with Gasteiger partial charge in [0.15, 0.2) is 11.6 Å². The number of halogens is 1. The van der Waals surface area contributed by atoms with Gasteiger partial charge in [-0.25, -0.2) is 17.9 Å². The van der Waals surface area contributed by atoms with Gasteiger partial charge in [-0.3, -0.25) is 9.69 Å². The van der Waals surface area contributed by atoms with E-state index in [4.69, 9.17) is 9.88 Å². The minimum Gasteiger partial charge on any atom is -0.494 e. The van der Waals surface area contributed by atoms with Crippen molar-refractivity contribution in [2.45, 2.75) is 24.4 Å². The van der Waals surface area contributed by atoms with Crippen LogP contribution in [0.5, 0.6) is 5.75 Å². The Morgan fingerprint density at radius 3 is 2.41 bits per heavy atom. The zero-order valence-corrected chi connectivity index (χ0v) is 16.1. The van der Waals surface area contributed by atoms with Gasteiger partial charge in [0.2, 0.25) is 15.9 Å². The molecule has 2 rings (SSSR count). The summed E-state index contributed by atoms with van der Waals surface area (Å²) in [4.78, 5) is 14.1. The molecule has 1 unspecified atom stereocenters. The lowest BCUT2D eigenvalue weighted by Crippen LogP contribution is -2.39. The minimum absolute atomic E-state index is 0.0350. The smallest absolute Gasteiger partial charge is 0.241 e. The molecule has 0 radical (unpaired) electrons. The van der Waals surface area contributed by atoms with Crippen molar-refractivity contribution >= 4 is 21.6 Å². The van der Waals surface area contributed by atoms with Gasteiger partial charge in [-0.1, -0.05) is 6.07 Å². The molecule has 7 nitrogen and oxygen atoms in total. The van der Waals surface area contributed by atoms with Crippen LogP contribution in [0.3, 0.4) is 0 Å². The lowest BCUT2D eigenvalue weighted by atomic mass is 10.1. The number of nitrogens with zero attached hydrogens (tertiary/aromatic N) is 1. The number of hydrogen-bond acceptors (Lipinski definition) is 5. The number of carbonyl (C=O) groups excluding carboxylic acids is 1. The van der Waals surface area contributed by atoms with Crippen molar-refractivity contribution in [3.63, 3.8) is 0 Å². The maximum atomic E-state index is 13.8. The van der Waals surface area contributed by atoms with Crippen LogP contribution in [0.15, 0.2) is 47.4 Å². The molecule has 3 N–H and O–H groups in total. The summed E-state index contributed by atoms with van der Waals surface area (Å²) in [6, 6.07) is 9.69. The number of primary sulfonamides is 1. The summed E-state index contributed by atoms with van der Waals surface area (Å²) < 4.78 is 41.2. The van der Waals surface area contributed by atoms with Crippen molar-refractivity contribution in [3.05, 3.63) is 53.8 Å². The number of benzene rings is 2. The van der Waals surface area contributed by atoms with Crippen molar-refractivity contribution in [2.75, 3.05) is 19.5 Å². The van der Waals surface area contributed by atoms with Crippen LogP contribution < -0.4 is 15.2 Å². The van der Waals surface area contributed by atoms with Crippen molar-refractivity contribution < 1.29 is 22.3 Å². The normalized spacial score (nSPS) is 12.7. The first-order valence-corrected chi connectivity index (χ1v) is 9.63. The number of methoxy groups -OCH3 is 1. The lowest BCUT2D eigenvalue weighted by Gasteiger charge is -2.24. The second kappa shape index (κ2) is 8.47. The van der Waals surface area contributed by atoms with Crippen LogP contribution in [-0.4, -0.2) is 39.4 Å². The number of hydrogen-bond donors (Lipinski definition) is 2. The Labute approximate surface area is 158 Å². The van der Waals surface area contributed by atoms with Crippen molar-refractivity contribution in [1.29, 1.82) is 0 Å². The molecule has 0 bridgehead atoms. The largest absolute Gasteiger partial charge is 0.494 e. The Balaban J connectivity index is 2.00. The number of nitrogens with one attached hydrogen (secondary N) is 1. The first-order chi connectivity index (χ1) is 12.6. The zero-order chi connectivity index (χ0) is 20.2. The molecule has 146 valence electrons. The second-order valence-corrected chi connectivity index (χ2v) is 7.68. The summed E-state index contributed by atoms with van der Waals surface area (Å²) in [5.41, 5.74) is 1.15. The van der Waals surface area contributed by atoms with E-state index < -0.39 is 21.9 Å². The average Bonchev–Trinajstić information content (AvgIpc) is 2.60. The zero-order valence-electron chi connectivity index (χ0n) is 15.3. The van der Waals surface area contributed by atoms with Crippen LogP contribution in [-0.2, 0) is 21.4 Å². The summed E-state index contributed by atoms with van der Waals surface area (Å²) >= 11 is 0. The first-order valence-electron chi connectivity index (χ1n) is 8.08. The Kier molecular flexibility index (Phi) is 6.53. The van der Waals surface area contributed by atoms with Crippen LogP contribution >= 0.6 is 0 Å². The molecule has 0 saturated carbocycles. The van der Waals surface area contributed by atoms with Gasteiger partial charge in [0.25, 0.3) is 0 Å². The van der Waals surface area contributed by atoms with Gasteiger partial charge in [0, 0.05) is 12.2 Å². The summed E-state index contributed by atoms with van der Waals surface area (Å²) in [6.07, 6.45) is 0. The fourth-order valence-electron chi connectivity index (χ4n) is 2.41. The number of ether oxygens (including phenoxy) is 1. The highest BCUT2D eigenvalue weighted by Crippen LogP contribution is 2.19. The van der Waals surface area contributed by atoms with Gasteiger partial charge in [-0.2, -0.15) is 0 Å². The molecule has 1 atom stereocenters. The fourth-order valence-corrected chi connectivity index (χ4v) is 2.92. The van der Waals surface area contributed by atoms with E-state index in [-0.39, 0.29) is 16.6 Å². The Hall–Kier alpha value is -2.49. The first kappa shape index (κ1) is 20.8. The molecular formula is C18H22FN3O4S. The lowest BCUT2D eigenvalue weighted by molar-refractivity contribution is -0.120. The van der Waals surface area contributed by atoms with E-state index in [1.807, 2.05) is 0 Å². The van der Waals surface area contributed by atoms with Crippen LogP contribution in [0.2, 0.25) is 0 Å². The molecule has 2 aromatic rings. The van der Waals surface area contributed by atoms with Gasteiger partial charge in [0.1, 0.15) is 0 Å². The molecule has 0 aromatic heterocycles. The van der Waals surface area contributed by atoms with Gasteiger partial charge >= 0.3 is 0 Å². The topological polar surface area (TPSA) is 102 Å². The molecule has 0 saturated heterocycles. The van der Waals surface area contributed by atoms with Crippen LogP contribution in [0.1, 0.15) is 12.5 Å². The third-order valence-corrected chi connectivity index (χ3v) is 5.07. The molecule has 0 spiro atoms. The van der Waals surface area contributed by atoms with Gasteiger partial charge in [-0.05, 0) is 55.9 Å². The number of rotatable bonds is 7. The quantitative estimate of drug-likeness (QED) is 0.746. The molecule has 0 heterocycles. The van der Waals surface area contributed by atoms with Gasteiger partial charge in [-0.15, -0.1) is 0 Å². The molecule has 1 amide bonds. The Morgan fingerprint density at radius 1 is 1.26 bits per heavy atom. The molecule has 27 heavy (non-hydrogen) atoms. The van der Waals surface area contributed by atoms with E-state index in [0.717, 1.165) is 0 Å². The number of anilines is 1. The van der Waals surface area contributed by atoms with Crippen LogP contribution in [0.25, 0.3) is 0 Å². The van der Waals surface area contributed by atoms with E-state index in [1.165, 1.54) is 43.5 Å². The predicted molar refractivity (Wildman–Crippen MR) is 100 cm³/mol. The summed E-state index contributed by atoms with van der Waals surface area (Å²) in [6.45, 7) is 2.08. The minimum atomic E-state index is -3.78. The molecule has 0 aliphatic heterocycles. The summed E-state index contributed by atoms with van der Waals surface area (Å²) in [7, 11) is -0.640. The standard InChI is InChI=1S/C18H22FN3O4S/c1-12(22(2)11-13-4-9-17(26-3)16(19)10-13)18(23)21-14-5-7-15(8-6-14)27(20,24)25/h4-10,12H,11H2,1-3H3,(H,21,23)(H2,20,24,25). The maximum Gasteiger partial charge on any atom is 0.241 e. The molecule has 0 aliphatic rings. The van der Waals surface area contributed by atoms with Crippen LogP contribution in [0.4, 0.5) is 10.1 Å². The van der Waals surface area contributed by atoms with Crippen molar-refractivity contribution in [2.24, 2.45) is 5.14 Å².